The lowest BCUT2D eigenvalue weighted by molar-refractivity contribution is -0.136. The zero-order valence-corrected chi connectivity index (χ0v) is 13.5. The maximum Gasteiger partial charge on any atom is 0.317 e. The van der Waals surface area contributed by atoms with E-state index in [-0.39, 0.29) is 6.54 Å². The molecule has 0 atom stereocenters. The van der Waals surface area contributed by atoms with Crippen LogP contribution in [0.1, 0.15) is 11.1 Å². The molecular weight excluding hydrogens is 318 g/mol. The Labute approximate surface area is 139 Å². The summed E-state index contributed by atoms with van der Waals surface area (Å²) in [5.74, 6) is 0.143. The molecule has 2 aromatic carbocycles. The van der Waals surface area contributed by atoms with Crippen LogP contribution in [0.25, 0.3) is 0 Å². The van der Waals surface area contributed by atoms with Crippen molar-refractivity contribution in [1.29, 1.82) is 0 Å². The normalized spacial score (nSPS) is 10.3. The van der Waals surface area contributed by atoms with Crippen LogP contribution in [0.4, 0.5) is 0 Å². The van der Waals surface area contributed by atoms with Gasteiger partial charge in [-0.1, -0.05) is 41.9 Å². The third-order valence-electron chi connectivity index (χ3n) is 3.13. The molecule has 0 bridgehead atoms. The molecule has 0 aromatic heterocycles. The fraction of sp³-hybridized carbons (Fsp3) is 0.235. The van der Waals surface area contributed by atoms with Crippen molar-refractivity contribution in [2.75, 3.05) is 13.7 Å². The van der Waals surface area contributed by atoms with Crippen molar-refractivity contribution in [3.05, 3.63) is 58.6 Å². The summed E-state index contributed by atoms with van der Waals surface area (Å²) in [6.45, 7) is 0.547. The first-order valence-electron chi connectivity index (χ1n) is 7.06. The molecule has 0 aliphatic heterocycles. The lowest BCUT2D eigenvalue weighted by Gasteiger charge is -2.16. The molecule has 2 N–H and O–H groups in total. The molecule has 2 aromatic rings. The maximum atomic E-state index is 10.6. The molecule has 6 heteroatoms. The van der Waals surface area contributed by atoms with Gasteiger partial charge in [0.15, 0.2) is 11.5 Å². The van der Waals surface area contributed by atoms with Gasteiger partial charge >= 0.3 is 5.97 Å². The van der Waals surface area contributed by atoms with E-state index in [0.29, 0.717) is 29.7 Å². The molecule has 2 rings (SSSR count). The Morgan fingerprint density at radius 3 is 2.65 bits per heavy atom. The number of methoxy groups -OCH3 is 1. The van der Waals surface area contributed by atoms with E-state index in [9.17, 15) is 4.79 Å². The lowest BCUT2D eigenvalue weighted by Crippen LogP contribution is -2.22. The molecule has 0 saturated heterocycles. The second-order valence-corrected chi connectivity index (χ2v) is 5.30. The van der Waals surface area contributed by atoms with Gasteiger partial charge in [0.1, 0.15) is 6.61 Å². The van der Waals surface area contributed by atoms with Crippen LogP contribution >= 0.6 is 11.6 Å². The van der Waals surface area contributed by atoms with E-state index >= 15 is 0 Å². The largest absolute Gasteiger partial charge is 0.493 e. The molecule has 0 fully saturated rings. The molecule has 0 heterocycles. The second-order valence-electron chi connectivity index (χ2n) is 4.87. The molecule has 122 valence electrons. The fourth-order valence-electron chi connectivity index (χ4n) is 2.10. The van der Waals surface area contributed by atoms with Crippen LogP contribution in [0, 0.1) is 0 Å². The van der Waals surface area contributed by atoms with Gasteiger partial charge in [0.05, 0.1) is 13.7 Å². The number of ether oxygens (including phenoxy) is 2. The molecular formula is C17H18ClNO4. The molecule has 0 radical (unpaired) electrons. The summed E-state index contributed by atoms with van der Waals surface area (Å²) >= 11 is 6.08. The fourth-order valence-corrected chi connectivity index (χ4v) is 2.33. The molecule has 0 spiro atoms. The monoisotopic (exact) mass is 335 g/mol. The number of carbonyl (C=O) groups is 1. The number of nitrogens with one attached hydrogen (secondary N) is 1. The van der Waals surface area contributed by atoms with Crippen LogP contribution in [-0.4, -0.2) is 24.7 Å². The molecule has 0 saturated carbocycles. The van der Waals surface area contributed by atoms with Gasteiger partial charge in [-0.05, 0) is 11.6 Å². The summed E-state index contributed by atoms with van der Waals surface area (Å²) in [6.07, 6.45) is 0. The third-order valence-corrected chi connectivity index (χ3v) is 3.35. The minimum atomic E-state index is -0.925. The first kappa shape index (κ1) is 17.1. The topological polar surface area (TPSA) is 67.8 Å². The molecule has 0 amide bonds. The van der Waals surface area contributed by atoms with Crippen molar-refractivity contribution >= 4 is 17.6 Å². The SMILES string of the molecule is COc1cc(Cl)cc(CNCC(=O)O)c1OCc1ccccc1. The van der Waals surface area contributed by atoms with E-state index in [0.717, 1.165) is 11.1 Å². The summed E-state index contributed by atoms with van der Waals surface area (Å²) in [6, 6.07) is 13.1. The van der Waals surface area contributed by atoms with E-state index in [1.165, 1.54) is 7.11 Å². The van der Waals surface area contributed by atoms with Crippen LogP contribution in [0.15, 0.2) is 42.5 Å². The van der Waals surface area contributed by atoms with E-state index in [4.69, 9.17) is 26.2 Å². The van der Waals surface area contributed by atoms with Crippen LogP contribution < -0.4 is 14.8 Å². The van der Waals surface area contributed by atoms with Crippen LogP contribution in [-0.2, 0) is 17.9 Å². The van der Waals surface area contributed by atoms with Gasteiger partial charge in [-0.3, -0.25) is 4.79 Å². The van der Waals surface area contributed by atoms with E-state index in [1.54, 1.807) is 12.1 Å². The first-order chi connectivity index (χ1) is 11.1. The Balaban J connectivity index is 2.18. The number of carboxylic acids is 1. The molecule has 0 aliphatic rings. The van der Waals surface area contributed by atoms with Crippen molar-refractivity contribution in [2.24, 2.45) is 0 Å². The molecule has 23 heavy (non-hydrogen) atoms. The molecule has 5 nitrogen and oxygen atoms in total. The Morgan fingerprint density at radius 2 is 2.00 bits per heavy atom. The zero-order valence-electron chi connectivity index (χ0n) is 12.7. The van der Waals surface area contributed by atoms with Gasteiger partial charge in [0, 0.05) is 23.2 Å². The Hall–Kier alpha value is -2.24. The van der Waals surface area contributed by atoms with E-state index in [2.05, 4.69) is 5.32 Å². The Morgan fingerprint density at radius 1 is 1.26 bits per heavy atom. The summed E-state index contributed by atoms with van der Waals surface area (Å²) in [5.41, 5.74) is 1.76. The number of halogens is 1. The maximum absolute atomic E-state index is 10.6. The van der Waals surface area contributed by atoms with E-state index < -0.39 is 5.97 Å². The number of carboxylic acid groups (broad SMARTS) is 1. The number of hydrogen-bond acceptors (Lipinski definition) is 4. The second kappa shape index (κ2) is 8.41. The van der Waals surface area contributed by atoms with Crippen molar-refractivity contribution < 1.29 is 19.4 Å². The predicted octanol–water partition coefficient (Wildman–Crippen LogP) is 3.10. The smallest absolute Gasteiger partial charge is 0.317 e. The van der Waals surface area contributed by atoms with Crippen molar-refractivity contribution in [2.45, 2.75) is 13.2 Å². The first-order valence-corrected chi connectivity index (χ1v) is 7.43. The molecule has 0 aliphatic carbocycles. The van der Waals surface area contributed by atoms with Gasteiger partial charge in [-0.25, -0.2) is 0 Å². The van der Waals surface area contributed by atoms with Gasteiger partial charge in [-0.2, -0.15) is 0 Å². The quantitative estimate of drug-likeness (QED) is 0.776. The summed E-state index contributed by atoms with van der Waals surface area (Å²) in [7, 11) is 1.54. The van der Waals surface area contributed by atoms with Gasteiger partial charge in [-0.15, -0.1) is 0 Å². The highest BCUT2D eigenvalue weighted by Gasteiger charge is 2.13. The van der Waals surface area contributed by atoms with Crippen LogP contribution in [0.3, 0.4) is 0 Å². The molecule has 0 unspecified atom stereocenters. The minimum absolute atomic E-state index is 0.146. The minimum Gasteiger partial charge on any atom is -0.493 e. The van der Waals surface area contributed by atoms with Crippen LogP contribution in [0.5, 0.6) is 11.5 Å². The Kier molecular flexibility index (Phi) is 6.26. The van der Waals surface area contributed by atoms with Gasteiger partial charge < -0.3 is 19.9 Å². The van der Waals surface area contributed by atoms with Crippen molar-refractivity contribution in [1.82, 2.24) is 5.32 Å². The average molecular weight is 336 g/mol. The third kappa shape index (κ3) is 5.16. The van der Waals surface area contributed by atoms with Crippen LogP contribution in [0.2, 0.25) is 5.02 Å². The summed E-state index contributed by atoms with van der Waals surface area (Å²) in [5, 5.41) is 12.0. The highest BCUT2D eigenvalue weighted by Crippen LogP contribution is 2.35. The predicted molar refractivity (Wildman–Crippen MR) is 88.1 cm³/mol. The number of rotatable bonds is 8. The summed E-state index contributed by atoms with van der Waals surface area (Å²) in [4.78, 5) is 10.6. The average Bonchev–Trinajstić information content (AvgIpc) is 2.54. The van der Waals surface area contributed by atoms with Gasteiger partial charge in [0.2, 0.25) is 0 Å². The van der Waals surface area contributed by atoms with Crippen molar-refractivity contribution in [3.63, 3.8) is 0 Å². The lowest BCUT2D eigenvalue weighted by atomic mass is 10.1. The Bertz CT molecular complexity index is 661. The van der Waals surface area contributed by atoms with E-state index in [1.807, 2.05) is 30.3 Å². The van der Waals surface area contributed by atoms with Crippen molar-refractivity contribution in [3.8, 4) is 11.5 Å². The number of aliphatic carboxylic acids is 1. The zero-order chi connectivity index (χ0) is 16.7. The van der Waals surface area contributed by atoms with Gasteiger partial charge in [0.25, 0.3) is 0 Å². The summed E-state index contributed by atoms with van der Waals surface area (Å²) < 4.78 is 11.2. The number of benzene rings is 2. The standard InChI is InChI=1S/C17H18ClNO4/c1-22-15-8-14(18)7-13(9-19-10-16(20)21)17(15)23-11-12-5-3-2-4-6-12/h2-8,19H,9-11H2,1H3,(H,20,21). The highest BCUT2D eigenvalue weighted by molar-refractivity contribution is 6.30. The highest BCUT2D eigenvalue weighted by atomic mass is 35.5. The number of hydrogen-bond donors (Lipinski definition) is 2.